The number of rotatable bonds is 3. The van der Waals surface area contributed by atoms with Crippen LogP contribution in [0.2, 0.25) is 0 Å². The smallest absolute Gasteiger partial charge is 0.299 e. The Labute approximate surface area is 90.2 Å². The summed E-state index contributed by atoms with van der Waals surface area (Å²) < 4.78 is 8.75. The molecule has 0 amide bonds. The highest BCUT2D eigenvalue weighted by Crippen LogP contribution is 2.30. The Morgan fingerprint density at radius 3 is 2.27 bits per heavy atom. The van der Waals surface area contributed by atoms with Crippen LogP contribution in [-0.2, 0) is 0 Å². The van der Waals surface area contributed by atoms with E-state index in [1.54, 1.807) is 0 Å². The summed E-state index contributed by atoms with van der Waals surface area (Å²) in [6, 6.07) is 2.24. The van der Waals surface area contributed by atoms with Crippen molar-refractivity contribution >= 4 is 38.0 Å². The molecule has 0 fully saturated rings. The summed E-state index contributed by atoms with van der Waals surface area (Å²) in [5, 5.41) is 21.0. The first-order valence-electron chi connectivity index (χ1n) is 3.51. The van der Waals surface area contributed by atoms with E-state index in [0.717, 1.165) is 12.1 Å². The molecule has 80 valence electrons. The molecule has 7 nitrogen and oxygen atoms in total. The van der Waals surface area contributed by atoms with Gasteiger partial charge >= 0.3 is 0 Å². The maximum absolute atomic E-state index is 10.6. The lowest BCUT2D eigenvalue weighted by molar-refractivity contribution is -0.393. The van der Waals surface area contributed by atoms with Crippen LogP contribution in [0, 0.1) is 20.2 Å². The van der Waals surface area contributed by atoms with Gasteiger partial charge in [0.2, 0.25) is 0 Å². The lowest BCUT2D eigenvalue weighted by Crippen LogP contribution is -2.08. The van der Waals surface area contributed by atoms with Gasteiger partial charge in [0.15, 0.2) is 0 Å². The van der Waals surface area contributed by atoms with E-state index in [2.05, 4.69) is 0 Å². The second-order valence-electron chi connectivity index (χ2n) is 2.45. The van der Waals surface area contributed by atoms with Crippen LogP contribution >= 0.6 is 21.3 Å². The minimum absolute atomic E-state index is 0.0319. The maximum atomic E-state index is 10.6. The molecule has 1 unspecified atom stereocenters. The first kappa shape index (κ1) is 11.8. The predicted octanol–water partition coefficient (Wildman–Crippen LogP) is 1.57. The Morgan fingerprint density at radius 1 is 1.27 bits per heavy atom. The molecule has 1 aromatic carbocycles. The molecule has 0 aromatic heterocycles. The summed E-state index contributed by atoms with van der Waals surface area (Å²) >= 11 is 0.181. The van der Waals surface area contributed by atoms with E-state index < -0.39 is 15.5 Å². The fraction of sp³-hybridized carbons (Fsp3) is 0. The van der Waals surface area contributed by atoms with Gasteiger partial charge in [-0.05, 0) is 6.07 Å². The molecule has 0 aliphatic carbocycles. The van der Waals surface area contributed by atoms with Gasteiger partial charge < -0.3 is 4.55 Å². The molecule has 0 aliphatic heterocycles. The van der Waals surface area contributed by atoms with Crippen LogP contribution in [0.4, 0.5) is 11.4 Å². The van der Waals surface area contributed by atoms with Crippen LogP contribution < -0.4 is 5.30 Å². The van der Waals surface area contributed by atoms with Crippen molar-refractivity contribution in [2.75, 3.05) is 0 Å². The molecule has 1 atom stereocenters. The molecule has 0 aliphatic rings. The zero-order valence-corrected chi connectivity index (χ0v) is 9.09. The van der Waals surface area contributed by atoms with Crippen LogP contribution in [0.5, 0.6) is 0 Å². The van der Waals surface area contributed by atoms with Gasteiger partial charge in [-0.15, -0.1) is 0 Å². The van der Waals surface area contributed by atoms with Crippen LogP contribution in [0.3, 0.4) is 0 Å². The Bertz CT molecular complexity index is 438. The highest BCUT2D eigenvalue weighted by Gasteiger charge is 2.25. The topological polar surface area (TPSA) is 107 Å². The normalized spacial score (nSPS) is 10.0. The summed E-state index contributed by atoms with van der Waals surface area (Å²) in [6.45, 7) is 0. The minimum Gasteiger partial charge on any atom is -0.325 e. The van der Waals surface area contributed by atoms with E-state index in [9.17, 15) is 20.2 Å². The zero-order valence-electron chi connectivity index (χ0n) is 7.11. The first-order valence-corrected chi connectivity index (χ1v) is 4.86. The monoisotopic (exact) mass is 248 g/mol. The molecular weight excluding hydrogens is 243 g/mol. The van der Waals surface area contributed by atoms with Gasteiger partial charge in [0, 0.05) is 18.1 Å². The third-order valence-corrected chi connectivity index (χ3v) is 2.73. The lowest BCUT2D eigenvalue weighted by Gasteiger charge is -2.01. The molecule has 0 radical (unpaired) electrons. The molecule has 15 heavy (non-hydrogen) atoms. The van der Waals surface area contributed by atoms with Crippen LogP contribution in [0.15, 0.2) is 17.0 Å². The Kier molecular flexibility index (Phi) is 3.57. The van der Waals surface area contributed by atoms with Gasteiger partial charge in [-0.2, -0.15) is 0 Å². The summed E-state index contributed by atoms with van der Waals surface area (Å²) in [4.78, 5) is 19.6. The molecule has 0 bridgehead atoms. The van der Waals surface area contributed by atoms with Crippen LogP contribution in [-0.4, -0.2) is 14.4 Å². The fourth-order valence-corrected chi connectivity index (χ4v) is 1.97. The second kappa shape index (κ2) is 4.52. The number of benzene rings is 1. The average molecular weight is 248 g/mol. The van der Waals surface area contributed by atoms with E-state index in [0.29, 0.717) is 0 Å². The molecular formula is C6H5N2O5PS. The highest BCUT2D eigenvalue weighted by atomic mass is 32.2. The summed E-state index contributed by atoms with van der Waals surface area (Å²) in [7, 11) is 1.94. The Morgan fingerprint density at radius 2 is 1.87 bits per heavy atom. The number of nitro benzene ring substituents is 2. The van der Waals surface area contributed by atoms with Crippen molar-refractivity contribution < 1.29 is 14.4 Å². The molecule has 1 N–H and O–H groups in total. The lowest BCUT2D eigenvalue weighted by atomic mass is 10.3. The van der Waals surface area contributed by atoms with Gasteiger partial charge in [-0.1, -0.05) is 9.24 Å². The number of hydrogen-bond acceptors (Lipinski definition) is 6. The van der Waals surface area contributed by atoms with E-state index >= 15 is 0 Å². The van der Waals surface area contributed by atoms with Crippen molar-refractivity contribution in [2.45, 2.75) is 4.90 Å². The molecule has 1 aromatic rings. The van der Waals surface area contributed by atoms with Gasteiger partial charge in [-0.25, -0.2) is 0 Å². The Balaban J connectivity index is 3.49. The van der Waals surface area contributed by atoms with E-state index in [4.69, 9.17) is 4.55 Å². The SMILES string of the molecule is O=[N+]([O-])c1ccc(SO)c([N+](=O)[O-])c1P. The first-order chi connectivity index (χ1) is 6.99. The number of nitrogens with zero attached hydrogens (tertiary/aromatic N) is 2. The van der Waals surface area contributed by atoms with Gasteiger partial charge in [0.05, 0.1) is 9.85 Å². The van der Waals surface area contributed by atoms with Crippen molar-refractivity contribution in [1.82, 2.24) is 0 Å². The average Bonchev–Trinajstić information content (AvgIpc) is 2.15. The quantitative estimate of drug-likeness (QED) is 0.376. The van der Waals surface area contributed by atoms with Crippen molar-refractivity contribution in [3.8, 4) is 0 Å². The minimum atomic E-state index is -0.770. The van der Waals surface area contributed by atoms with E-state index in [1.165, 1.54) is 0 Å². The van der Waals surface area contributed by atoms with Crippen molar-refractivity contribution in [3.05, 3.63) is 32.4 Å². The second-order valence-corrected chi connectivity index (χ2v) is 3.65. The van der Waals surface area contributed by atoms with Gasteiger partial charge in [0.1, 0.15) is 10.2 Å². The van der Waals surface area contributed by atoms with Crippen molar-refractivity contribution in [1.29, 1.82) is 0 Å². The molecule has 0 saturated heterocycles. The molecule has 0 spiro atoms. The van der Waals surface area contributed by atoms with Gasteiger partial charge in [0.25, 0.3) is 11.4 Å². The summed E-state index contributed by atoms with van der Waals surface area (Å²) in [6.07, 6.45) is 0. The highest BCUT2D eigenvalue weighted by molar-refractivity contribution is 7.94. The van der Waals surface area contributed by atoms with Crippen molar-refractivity contribution in [3.63, 3.8) is 0 Å². The Hall–Kier alpha value is -1.24. The van der Waals surface area contributed by atoms with Crippen LogP contribution in [0.1, 0.15) is 0 Å². The third-order valence-electron chi connectivity index (χ3n) is 1.63. The number of hydrogen-bond donors (Lipinski definition) is 1. The summed E-state index contributed by atoms with van der Waals surface area (Å²) in [5.74, 6) is 0. The van der Waals surface area contributed by atoms with E-state index in [1.807, 2.05) is 9.24 Å². The molecule has 0 saturated carbocycles. The summed E-state index contributed by atoms with van der Waals surface area (Å²) in [5.41, 5.74) is -0.841. The van der Waals surface area contributed by atoms with Crippen LogP contribution in [0.25, 0.3) is 0 Å². The van der Waals surface area contributed by atoms with Gasteiger partial charge in [-0.3, -0.25) is 20.2 Å². The standard InChI is InChI=1S/C6H5N2O5PS/c9-7(10)3-1-2-4(15-13)5(6(3)14)8(11)12/h1-2,13H,14H2. The number of nitro groups is 2. The fourth-order valence-electron chi connectivity index (χ4n) is 0.999. The largest absolute Gasteiger partial charge is 0.325 e. The molecule has 9 heteroatoms. The molecule has 0 heterocycles. The van der Waals surface area contributed by atoms with Crippen molar-refractivity contribution in [2.24, 2.45) is 0 Å². The predicted molar refractivity (Wildman–Crippen MR) is 57.6 cm³/mol. The van der Waals surface area contributed by atoms with E-state index in [-0.39, 0.29) is 27.9 Å². The zero-order chi connectivity index (χ0) is 11.6. The maximum Gasteiger partial charge on any atom is 0.299 e. The third kappa shape index (κ3) is 2.23. The molecule has 1 rings (SSSR count).